The van der Waals surface area contributed by atoms with Crippen LogP contribution in [0.15, 0.2) is 66.7 Å². The number of amides is 1. The Morgan fingerprint density at radius 3 is 2.50 bits per heavy atom. The number of fused-ring (bicyclic) bond motifs is 1. The number of nitriles is 1. The van der Waals surface area contributed by atoms with Gasteiger partial charge in [0.1, 0.15) is 23.5 Å². The van der Waals surface area contributed by atoms with Gasteiger partial charge >= 0.3 is 6.09 Å². The van der Waals surface area contributed by atoms with Gasteiger partial charge in [0.05, 0.1) is 25.3 Å². The first-order chi connectivity index (χ1) is 20.3. The maximum absolute atomic E-state index is 12.5. The molecule has 3 heterocycles. The van der Waals surface area contributed by atoms with Crippen molar-refractivity contribution < 1.29 is 19.0 Å². The van der Waals surface area contributed by atoms with Gasteiger partial charge in [-0.1, -0.05) is 30.3 Å². The molecule has 8 heteroatoms. The van der Waals surface area contributed by atoms with Crippen LogP contribution < -0.4 is 9.64 Å². The van der Waals surface area contributed by atoms with E-state index in [0.29, 0.717) is 30.8 Å². The highest BCUT2D eigenvalue weighted by molar-refractivity contribution is 5.98. The Balaban J connectivity index is 1.20. The Kier molecular flexibility index (Phi) is 7.53. The molecule has 216 valence electrons. The Labute approximate surface area is 246 Å². The molecule has 4 aromatic rings. The van der Waals surface area contributed by atoms with Gasteiger partial charge in [0.25, 0.3) is 0 Å². The van der Waals surface area contributed by atoms with Crippen molar-refractivity contribution in [2.24, 2.45) is 0 Å². The largest absolute Gasteiger partial charge is 0.487 e. The first-order valence-corrected chi connectivity index (χ1v) is 14.5. The molecule has 6 rings (SSSR count). The number of carbonyl (C=O) groups excluding carboxylic acids is 1. The molecule has 2 aliphatic heterocycles. The molecule has 1 N–H and O–H groups in total. The average Bonchev–Trinajstić information content (AvgIpc) is 3.65. The molecule has 42 heavy (non-hydrogen) atoms. The van der Waals surface area contributed by atoms with Crippen LogP contribution in [-0.4, -0.2) is 67.1 Å². The van der Waals surface area contributed by atoms with Crippen LogP contribution in [0.5, 0.6) is 5.75 Å². The lowest BCUT2D eigenvalue weighted by Gasteiger charge is -2.28. The zero-order chi connectivity index (χ0) is 29.3. The summed E-state index contributed by atoms with van der Waals surface area (Å²) in [5.74, 6) is 0.527. The monoisotopic (exact) mass is 564 g/mol. The van der Waals surface area contributed by atoms with Crippen LogP contribution in [0.3, 0.4) is 0 Å². The Morgan fingerprint density at radius 1 is 1.00 bits per heavy atom. The summed E-state index contributed by atoms with van der Waals surface area (Å²) in [5, 5.41) is 11.1. The third kappa shape index (κ3) is 5.93. The van der Waals surface area contributed by atoms with Crippen molar-refractivity contribution in [1.82, 2.24) is 9.88 Å². The molecular weight excluding hydrogens is 528 g/mol. The standard InChI is InChI=1S/C34H36N4O4/c1-34(2,3)42-33(39)38-14-13-27(22-38)41-32-12-9-24(19-25(32)21-35)28-5-4-6-30-29(28)20-31(36-30)23-7-10-26(11-8-23)37-15-17-40-18-16-37/h4-12,19-20,27,36H,13-18,22H2,1-3H3/t27-/m0/s1. The van der Waals surface area contributed by atoms with Crippen LogP contribution in [0.2, 0.25) is 0 Å². The van der Waals surface area contributed by atoms with E-state index in [1.54, 1.807) is 4.90 Å². The zero-order valence-corrected chi connectivity index (χ0v) is 24.4. The zero-order valence-electron chi connectivity index (χ0n) is 24.4. The number of likely N-dealkylation sites (tertiary alicyclic amines) is 1. The molecule has 0 unspecified atom stereocenters. The lowest BCUT2D eigenvalue weighted by molar-refractivity contribution is 0.0275. The molecule has 0 spiro atoms. The molecule has 2 aliphatic rings. The summed E-state index contributed by atoms with van der Waals surface area (Å²) < 4.78 is 17.2. The van der Waals surface area contributed by atoms with Crippen LogP contribution >= 0.6 is 0 Å². The third-order valence-corrected chi connectivity index (χ3v) is 7.72. The minimum absolute atomic E-state index is 0.194. The van der Waals surface area contributed by atoms with Gasteiger partial charge in [-0.25, -0.2) is 4.79 Å². The lowest BCUT2D eigenvalue weighted by Crippen LogP contribution is -2.36. The van der Waals surface area contributed by atoms with Crippen molar-refractivity contribution in [2.75, 3.05) is 44.3 Å². The van der Waals surface area contributed by atoms with Gasteiger partial charge < -0.3 is 29.0 Å². The summed E-state index contributed by atoms with van der Waals surface area (Å²) in [6.07, 6.45) is 0.155. The number of hydrogen-bond donors (Lipinski definition) is 1. The van der Waals surface area contributed by atoms with Gasteiger partial charge in [-0.2, -0.15) is 5.26 Å². The molecule has 0 aliphatic carbocycles. The number of nitrogens with zero attached hydrogens (tertiary/aromatic N) is 3. The van der Waals surface area contributed by atoms with Crippen LogP contribution in [0.4, 0.5) is 10.5 Å². The smallest absolute Gasteiger partial charge is 0.410 e. The minimum atomic E-state index is -0.545. The minimum Gasteiger partial charge on any atom is -0.487 e. The summed E-state index contributed by atoms with van der Waals surface area (Å²) in [6.45, 7) is 9.91. The van der Waals surface area contributed by atoms with Crippen molar-refractivity contribution in [1.29, 1.82) is 5.26 Å². The number of morpholine rings is 1. The van der Waals surface area contributed by atoms with Crippen molar-refractivity contribution in [2.45, 2.75) is 38.9 Å². The van der Waals surface area contributed by atoms with Crippen molar-refractivity contribution in [3.63, 3.8) is 0 Å². The fourth-order valence-corrected chi connectivity index (χ4v) is 5.62. The van der Waals surface area contributed by atoms with E-state index in [-0.39, 0.29) is 12.2 Å². The fraction of sp³-hybridized carbons (Fsp3) is 0.353. The molecule has 1 atom stereocenters. The molecule has 8 nitrogen and oxygen atoms in total. The van der Waals surface area contributed by atoms with E-state index in [4.69, 9.17) is 14.2 Å². The molecule has 0 radical (unpaired) electrons. The average molecular weight is 565 g/mol. The number of hydrogen-bond acceptors (Lipinski definition) is 6. The van der Waals surface area contributed by atoms with Gasteiger partial charge in [0, 0.05) is 48.3 Å². The number of nitrogens with one attached hydrogen (secondary N) is 1. The summed E-state index contributed by atoms with van der Waals surface area (Å²) >= 11 is 0. The highest BCUT2D eigenvalue weighted by Gasteiger charge is 2.31. The molecular formula is C34H36N4O4. The topological polar surface area (TPSA) is 90.8 Å². The van der Waals surface area contributed by atoms with E-state index in [0.717, 1.165) is 59.6 Å². The highest BCUT2D eigenvalue weighted by atomic mass is 16.6. The van der Waals surface area contributed by atoms with E-state index >= 15 is 0 Å². The summed E-state index contributed by atoms with van der Waals surface area (Å²) in [6, 6.07) is 25.0. The van der Waals surface area contributed by atoms with Gasteiger partial charge in [0.2, 0.25) is 0 Å². The van der Waals surface area contributed by atoms with Crippen molar-refractivity contribution in [3.8, 4) is 34.2 Å². The van der Waals surface area contributed by atoms with Gasteiger partial charge in [-0.15, -0.1) is 0 Å². The van der Waals surface area contributed by atoms with Gasteiger partial charge in [-0.3, -0.25) is 0 Å². The van der Waals surface area contributed by atoms with E-state index in [2.05, 4.69) is 58.4 Å². The van der Waals surface area contributed by atoms with Crippen LogP contribution in [0.25, 0.3) is 33.3 Å². The highest BCUT2D eigenvalue weighted by Crippen LogP contribution is 2.35. The maximum atomic E-state index is 12.5. The number of H-pyrrole nitrogens is 1. The number of aromatic nitrogens is 1. The number of ether oxygens (including phenoxy) is 3. The number of carbonyl (C=O) groups is 1. The second-order valence-electron chi connectivity index (χ2n) is 11.9. The van der Waals surface area contributed by atoms with Gasteiger partial charge in [0.15, 0.2) is 0 Å². The van der Waals surface area contributed by atoms with Crippen LogP contribution in [-0.2, 0) is 9.47 Å². The first-order valence-electron chi connectivity index (χ1n) is 14.5. The molecule has 2 fully saturated rings. The van der Waals surface area contributed by atoms with Gasteiger partial charge in [-0.05, 0) is 73.9 Å². The fourth-order valence-electron chi connectivity index (χ4n) is 5.62. The summed E-state index contributed by atoms with van der Waals surface area (Å²) in [4.78, 5) is 20.0. The Hall–Kier alpha value is -4.48. The normalized spacial score (nSPS) is 17.3. The Morgan fingerprint density at radius 2 is 1.76 bits per heavy atom. The number of aromatic amines is 1. The lowest BCUT2D eigenvalue weighted by atomic mass is 9.99. The number of rotatable bonds is 5. The summed E-state index contributed by atoms with van der Waals surface area (Å²) in [7, 11) is 0. The predicted octanol–water partition coefficient (Wildman–Crippen LogP) is 6.60. The summed E-state index contributed by atoms with van der Waals surface area (Å²) in [5.41, 5.74) is 6.31. The van der Waals surface area contributed by atoms with E-state index in [1.807, 2.05) is 45.0 Å². The first kappa shape index (κ1) is 27.7. The van der Waals surface area contributed by atoms with E-state index in [1.165, 1.54) is 5.69 Å². The quantitative estimate of drug-likeness (QED) is 0.294. The maximum Gasteiger partial charge on any atom is 0.410 e. The second-order valence-corrected chi connectivity index (χ2v) is 11.9. The predicted molar refractivity (Wildman–Crippen MR) is 164 cm³/mol. The second kappa shape index (κ2) is 11.4. The Bertz CT molecular complexity index is 1620. The number of anilines is 1. The third-order valence-electron chi connectivity index (χ3n) is 7.72. The van der Waals surface area contributed by atoms with E-state index < -0.39 is 5.60 Å². The molecule has 1 aromatic heterocycles. The van der Waals surface area contributed by atoms with Crippen LogP contribution in [0, 0.1) is 11.3 Å². The molecule has 2 saturated heterocycles. The van der Waals surface area contributed by atoms with Crippen LogP contribution in [0.1, 0.15) is 32.8 Å². The molecule has 0 bridgehead atoms. The van der Waals surface area contributed by atoms with Crippen molar-refractivity contribution in [3.05, 3.63) is 72.3 Å². The molecule has 0 saturated carbocycles. The molecule has 1 amide bonds. The molecule has 3 aromatic carbocycles. The number of benzene rings is 3. The SMILES string of the molecule is CC(C)(C)OC(=O)N1CC[C@H](Oc2ccc(-c3cccc4[nH]c(-c5ccc(N6CCOCC6)cc5)cc34)cc2C#N)C1. The van der Waals surface area contributed by atoms with Crippen molar-refractivity contribution >= 4 is 22.7 Å². The van der Waals surface area contributed by atoms with E-state index in [9.17, 15) is 10.1 Å².